The highest BCUT2D eigenvalue weighted by atomic mass is 16.5. The largest absolute Gasteiger partial charge is 0.386 e. The summed E-state index contributed by atoms with van der Waals surface area (Å²) >= 11 is 0. The Balaban J connectivity index is 1.94. The van der Waals surface area contributed by atoms with Gasteiger partial charge in [0.2, 0.25) is 0 Å². The molecule has 0 aromatic carbocycles. The second-order valence-electron chi connectivity index (χ2n) is 6.28. The zero-order valence-corrected chi connectivity index (χ0v) is 11.2. The third kappa shape index (κ3) is 1.52. The van der Waals surface area contributed by atoms with E-state index in [0.29, 0.717) is 12.6 Å². The molecule has 2 bridgehead atoms. The number of methoxy groups -OCH3 is 1. The predicted molar refractivity (Wildman–Crippen MR) is 68.2 cm³/mol. The minimum atomic E-state index is -0.797. The van der Waals surface area contributed by atoms with Crippen LogP contribution in [-0.2, 0) is 9.47 Å². The maximum absolute atomic E-state index is 11.3. The first-order valence-electron chi connectivity index (χ1n) is 7.27. The van der Waals surface area contributed by atoms with Gasteiger partial charge < -0.3 is 20.3 Å². The van der Waals surface area contributed by atoms with Crippen LogP contribution in [0.25, 0.3) is 0 Å². The van der Waals surface area contributed by atoms with Crippen LogP contribution in [0, 0.1) is 5.41 Å². The Morgan fingerprint density at radius 2 is 2.17 bits per heavy atom. The van der Waals surface area contributed by atoms with Gasteiger partial charge in [0.1, 0.15) is 5.60 Å². The Morgan fingerprint density at radius 1 is 1.33 bits per heavy atom. The Morgan fingerprint density at radius 3 is 2.72 bits per heavy atom. The number of hydrogen-bond acceptors (Lipinski definition) is 4. The van der Waals surface area contributed by atoms with E-state index in [1.807, 2.05) is 0 Å². The molecule has 18 heavy (non-hydrogen) atoms. The van der Waals surface area contributed by atoms with Crippen molar-refractivity contribution in [3.8, 4) is 0 Å². The number of ether oxygens (including phenoxy) is 2. The van der Waals surface area contributed by atoms with Crippen LogP contribution in [-0.4, -0.2) is 42.7 Å². The summed E-state index contributed by atoms with van der Waals surface area (Å²) in [7, 11) is 1.71. The summed E-state index contributed by atoms with van der Waals surface area (Å²) in [5.74, 6) is 0. The van der Waals surface area contributed by atoms with Gasteiger partial charge in [0.25, 0.3) is 0 Å². The van der Waals surface area contributed by atoms with E-state index < -0.39 is 5.60 Å². The first-order chi connectivity index (χ1) is 8.66. The molecule has 5 unspecified atom stereocenters. The van der Waals surface area contributed by atoms with Crippen LogP contribution in [0.1, 0.15) is 44.9 Å². The van der Waals surface area contributed by atoms with Gasteiger partial charge in [-0.05, 0) is 32.1 Å². The monoisotopic (exact) mass is 255 g/mol. The molecule has 2 saturated heterocycles. The lowest BCUT2D eigenvalue weighted by atomic mass is 9.57. The van der Waals surface area contributed by atoms with Crippen molar-refractivity contribution in [2.24, 2.45) is 11.1 Å². The molecular weight excluding hydrogens is 230 g/mol. The lowest BCUT2D eigenvalue weighted by Crippen LogP contribution is -2.64. The highest BCUT2D eigenvalue weighted by Gasteiger charge is 2.64. The first-order valence-corrected chi connectivity index (χ1v) is 7.27. The Bertz CT molecular complexity index is 324. The van der Waals surface area contributed by atoms with Crippen molar-refractivity contribution in [2.45, 2.75) is 68.9 Å². The average Bonchev–Trinajstić information content (AvgIpc) is 3.00. The second kappa shape index (κ2) is 4.44. The molecule has 2 aliphatic heterocycles. The van der Waals surface area contributed by atoms with Crippen molar-refractivity contribution in [3.63, 3.8) is 0 Å². The van der Waals surface area contributed by atoms with E-state index in [2.05, 4.69) is 0 Å². The smallest absolute Gasteiger partial charge is 0.100 e. The van der Waals surface area contributed by atoms with Crippen LogP contribution in [0.5, 0.6) is 0 Å². The minimum Gasteiger partial charge on any atom is -0.386 e. The Hall–Kier alpha value is -0.160. The average molecular weight is 255 g/mol. The standard InChI is InChI=1S/C14H25NO3/c1-17-12-4-2-3-7-14(12,16)13(9-15)8-10-5-6-11(13)18-10/h10-12,16H,2-9,15H2,1H3. The molecule has 0 aromatic rings. The number of aliphatic hydroxyl groups is 1. The maximum Gasteiger partial charge on any atom is 0.100 e. The van der Waals surface area contributed by atoms with Crippen molar-refractivity contribution >= 4 is 0 Å². The third-order valence-corrected chi connectivity index (χ3v) is 5.63. The number of rotatable bonds is 3. The van der Waals surface area contributed by atoms with Gasteiger partial charge in [0, 0.05) is 19.1 Å². The van der Waals surface area contributed by atoms with Crippen LogP contribution >= 0.6 is 0 Å². The van der Waals surface area contributed by atoms with Crippen LogP contribution < -0.4 is 5.73 Å². The molecule has 3 rings (SSSR count). The predicted octanol–water partition coefficient (Wildman–Crippen LogP) is 1.20. The molecule has 0 aromatic heterocycles. The number of nitrogens with two attached hydrogens (primary N) is 1. The molecule has 3 fully saturated rings. The maximum atomic E-state index is 11.3. The summed E-state index contributed by atoms with van der Waals surface area (Å²) in [4.78, 5) is 0. The molecule has 0 amide bonds. The van der Waals surface area contributed by atoms with Gasteiger partial charge in [-0.3, -0.25) is 0 Å². The fourth-order valence-electron chi connectivity index (χ4n) is 4.65. The van der Waals surface area contributed by atoms with Crippen LogP contribution in [0.2, 0.25) is 0 Å². The van der Waals surface area contributed by atoms with E-state index in [1.165, 1.54) is 0 Å². The summed E-state index contributed by atoms with van der Waals surface area (Å²) in [5, 5.41) is 11.3. The fourth-order valence-corrected chi connectivity index (χ4v) is 4.65. The van der Waals surface area contributed by atoms with Crippen molar-refractivity contribution in [2.75, 3.05) is 13.7 Å². The lowest BCUT2D eigenvalue weighted by molar-refractivity contribution is -0.200. The molecule has 4 heteroatoms. The van der Waals surface area contributed by atoms with Gasteiger partial charge >= 0.3 is 0 Å². The third-order valence-electron chi connectivity index (χ3n) is 5.63. The van der Waals surface area contributed by atoms with E-state index in [-0.39, 0.29) is 17.6 Å². The molecule has 5 atom stereocenters. The quantitative estimate of drug-likeness (QED) is 0.795. The Labute approximate surface area is 109 Å². The summed E-state index contributed by atoms with van der Waals surface area (Å²) in [6, 6.07) is 0. The molecule has 0 radical (unpaired) electrons. The summed E-state index contributed by atoms with van der Waals surface area (Å²) in [5.41, 5.74) is 5.01. The normalized spacial score (nSPS) is 51.8. The Kier molecular flexibility index (Phi) is 3.17. The molecule has 4 nitrogen and oxygen atoms in total. The molecule has 3 aliphatic rings. The first kappa shape index (κ1) is 12.9. The second-order valence-corrected chi connectivity index (χ2v) is 6.28. The van der Waals surface area contributed by atoms with Crippen LogP contribution in [0.4, 0.5) is 0 Å². The highest BCUT2D eigenvalue weighted by Crippen LogP contribution is 2.57. The molecule has 2 heterocycles. The zero-order valence-electron chi connectivity index (χ0n) is 11.2. The molecule has 0 spiro atoms. The van der Waals surface area contributed by atoms with Gasteiger partial charge in [0.15, 0.2) is 0 Å². The van der Waals surface area contributed by atoms with Crippen molar-refractivity contribution in [3.05, 3.63) is 0 Å². The van der Waals surface area contributed by atoms with Gasteiger partial charge in [-0.2, -0.15) is 0 Å². The summed E-state index contributed by atoms with van der Waals surface area (Å²) in [6.45, 7) is 0.504. The fraction of sp³-hybridized carbons (Fsp3) is 1.00. The van der Waals surface area contributed by atoms with Crippen molar-refractivity contribution in [1.29, 1.82) is 0 Å². The number of hydrogen-bond donors (Lipinski definition) is 2. The zero-order chi connectivity index (χ0) is 12.8. The SMILES string of the molecule is COC1CCCCC1(O)C1(CN)CC2CCC1O2. The summed E-state index contributed by atoms with van der Waals surface area (Å²) < 4.78 is 11.6. The number of fused-ring (bicyclic) bond motifs is 2. The molecule has 1 saturated carbocycles. The van der Waals surface area contributed by atoms with Crippen LogP contribution in [0.15, 0.2) is 0 Å². The van der Waals surface area contributed by atoms with E-state index in [9.17, 15) is 5.11 Å². The lowest BCUT2D eigenvalue weighted by Gasteiger charge is -2.53. The van der Waals surface area contributed by atoms with Gasteiger partial charge in [-0.1, -0.05) is 12.8 Å². The topological polar surface area (TPSA) is 64.7 Å². The molecule has 3 N–H and O–H groups in total. The van der Waals surface area contributed by atoms with Crippen molar-refractivity contribution in [1.82, 2.24) is 0 Å². The molecule has 1 aliphatic carbocycles. The highest BCUT2D eigenvalue weighted by molar-refractivity contribution is 5.15. The van der Waals surface area contributed by atoms with Crippen molar-refractivity contribution < 1.29 is 14.6 Å². The van der Waals surface area contributed by atoms with Gasteiger partial charge in [-0.15, -0.1) is 0 Å². The van der Waals surface area contributed by atoms with E-state index >= 15 is 0 Å². The van der Waals surface area contributed by atoms with E-state index in [0.717, 1.165) is 44.9 Å². The summed E-state index contributed by atoms with van der Waals surface area (Å²) in [6.07, 6.45) is 7.37. The molecular formula is C14H25NO3. The molecule has 104 valence electrons. The van der Waals surface area contributed by atoms with Gasteiger partial charge in [0.05, 0.1) is 18.3 Å². The minimum absolute atomic E-state index is 0.0854. The van der Waals surface area contributed by atoms with Gasteiger partial charge in [-0.25, -0.2) is 0 Å². The van der Waals surface area contributed by atoms with E-state index in [1.54, 1.807) is 7.11 Å². The van der Waals surface area contributed by atoms with Crippen LogP contribution in [0.3, 0.4) is 0 Å². The van der Waals surface area contributed by atoms with E-state index in [4.69, 9.17) is 15.2 Å².